The SMILES string of the molecule is CC(=O)OC[C@H]1O[C@@H](n2cnc3c(=O)[nH]c(NC(=O)C(C)C)nc32)CC1OC(C)=O. The van der Waals surface area contributed by atoms with E-state index in [0.29, 0.717) is 0 Å². The number of nitrogens with one attached hydrogen (secondary N) is 2. The molecule has 162 valence electrons. The number of H-pyrrole nitrogens is 1. The maximum Gasteiger partial charge on any atom is 0.303 e. The average Bonchev–Trinajstić information content (AvgIpc) is 3.23. The van der Waals surface area contributed by atoms with Crippen LogP contribution in [0, 0.1) is 5.92 Å². The van der Waals surface area contributed by atoms with Gasteiger partial charge in [0, 0.05) is 26.2 Å². The summed E-state index contributed by atoms with van der Waals surface area (Å²) in [7, 11) is 0. The first-order valence-corrected chi connectivity index (χ1v) is 9.39. The number of anilines is 1. The number of aromatic nitrogens is 4. The standard InChI is InChI=1S/C18H23N5O7/c1-8(2)16(26)21-18-20-15-14(17(27)22-18)19-7-23(15)13-5-11(29-10(4)25)12(30-13)6-28-9(3)24/h7-8,11-13H,5-6H2,1-4H3,(H2,20,21,22,26,27)/t11?,12-,13-/m1/s1. The Morgan fingerprint density at radius 3 is 2.70 bits per heavy atom. The lowest BCUT2D eigenvalue weighted by atomic mass is 10.2. The number of nitrogens with zero attached hydrogens (tertiary/aromatic N) is 3. The molecule has 1 aliphatic heterocycles. The molecule has 0 spiro atoms. The zero-order valence-corrected chi connectivity index (χ0v) is 17.0. The van der Waals surface area contributed by atoms with Crippen LogP contribution in [0.2, 0.25) is 0 Å². The molecule has 30 heavy (non-hydrogen) atoms. The van der Waals surface area contributed by atoms with E-state index >= 15 is 0 Å². The van der Waals surface area contributed by atoms with E-state index in [9.17, 15) is 19.2 Å². The predicted molar refractivity (Wildman–Crippen MR) is 102 cm³/mol. The normalized spacial score (nSPS) is 21.0. The van der Waals surface area contributed by atoms with Gasteiger partial charge in [-0.1, -0.05) is 13.8 Å². The Morgan fingerprint density at radius 2 is 2.07 bits per heavy atom. The lowest BCUT2D eigenvalue weighted by Crippen LogP contribution is -2.31. The van der Waals surface area contributed by atoms with Crippen LogP contribution in [0.4, 0.5) is 5.95 Å². The second kappa shape index (κ2) is 8.61. The zero-order chi connectivity index (χ0) is 22.0. The van der Waals surface area contributed by atoms with Crippen molar-refractivity contribution in [2.24, 2.45) is 5.92 Å². The predicted octanol–water partition coefficient (Wildman–Crippen LogP) is 0.496. The third-order valence-electron chi connectivity index (χ3n) is 4.46. The monoisotopic (exact) mass is 421 g/mol. The molecule has 2 aromatic heterocycles. The van der Waals surface area contributed by atoms with Crippen LogP contribution < -0.4 is 10.9 Å². The Labute approximate surface area is 170 Å². The number of hydrogen-bond acceptors (Lipinski definition) is 9. The first-order valence-electron chi connectivity index (χ1n) is 9.39. The van der Waals surface area contributed by atoms with Crippen molar-refractivity contribution < 1.29 is 28.6 Å². The molecule has 2 N–H and O–H groups in total. The number of esters is 2. The molecule has 0 aromatic carbocycles. The molecule has 3 atom stereocenters. The summed E-state index contributed by atoms with van der Waals surface area (Å²) in [5.41, 5.74) is -0.269. The fourth-order valence-electron chi connectivity index (χ4n) is 3.01. The molecule has 12 nitrogen and oxygen atoms in total. The number of ether oxygens (including phenoxy) is 3. The molecule has 1 saturated heterocycles. The van der Waals surface area contributed by atoms with Crippen LogP contribution in [0.3, 0.4) is 0 Å². The van der Waals surface area contributed by atoms with Crippen LogP contribution in [0.5, 0.6) is 0 Å². The van der Waals surface area contributed by atoms with Gasteiger partial charge >= 0.3 is 11.9 Å². The largest absolute Gasteiger partial charge is 0.463 e. The molecule has 0 saturated carbocycles. The van der Waals surface area contributed by atoms with Gasteiger partial charge in [0.25, 0.3) is 5.56 Å². The fourth-order valence-corrected chi connectivity index (χ4v) is 3.01. The molecule has 1 fully saturated rings. The van der Waals surface area contributed by atoms with Gasteiger partial charge < -0.3 is 14.2 Å². The summed E-state index contributed by atoms with van der Waals surface area (Å²) in [5.74, 6) is -1.62. The summed E-state index contributed by atoms with van der Waals surface area (Å²) >= 11 is 0. The topological polar surface area (TPSA) is 154 Å². The van der Waals surface area contributed by atoms with E-state index in [1.807, 2.05) is 0 Å². The molecule has 0 aliphatic carbocycles. The van der Waals surface area contributed by atoms with Crippen LogP contribution in [-0.2, 0) is 28.6 Å². The third kappa shape index (κ3) is 4.64. The summed E-state index contributed by atoms with van der Waals surface area (Å²) in [4.78, 5) is 57.7. The second-order valence-electron chi connectivity index (χ2n) is 7.20. The van der Waals surface area contributed by atoms with Gasteiger partial charge in [-0.05, 0) is 0 Å². The number of hydrogen-bond donors (Lipinski definition) is 2. The van der Waals surface area contributed by atoms with Crippen molar-refractivity contribution in [1.82, 2.24) is 19.5 Å². The van der Waals surface area contributed by atoms with Crippen molar-refractivity contribution in [1.29, 1.82) is 0 Å². The Kier molecular flexibility index (Phi) is 6.15. The van der Waals surface area contributed by atoms with E-state index in [4.69, 9.17) is 14.2 Å². The van der Waals surface area contributed by atoms with Gasteiger partial charge in [0.1, 0.15) is 25.0 Å². The second-order valence-corrected chi connectivity index (χ2v) is 7.20. The molecule has 3 rings (SSSR count). The van der Waals surface area contributed by atoms with E-state index in [2.05, 4.69) is 20.3 Å². The molecule has 0 bridgehead atoms. The molecular weight excluding hydrogens is 398 g/mol. The van der Waals surface area contributed by atoms with Crippen LogP contribution in [0.25, 0.3) is 11.2 Å². The lowest BCUT2D eigenvalue weighted by Gasteiger charge is -2.17. The number of imidazole rings is 1. The highest BCUT2D eigenvalue weighted by atomic mass is 16.6. The minimum Gasteiger partial charge on any atom is -0.463 e. The van der Waals surface area contributed by atoms with E-state index < -0.39 is 35.9 Å². The van der Waals surface area contributed by atoms with Crippen molar-refractivity contribution >= 4 is 35.0 Å². The third-order valence-corrected chi connectivity index (χ3v) is 4.46. The van der Waals surface area contributed by atoms with Crippen LogP contribution >= 0.6 is 0 Å². The smallest absolute Gasteiger partial charge is 0.303 e. The quantitative estimate of drug-likeness (QED) is 0.634. The summed E-state index contributed by atoms with van der Waals surface area (Å²) in [6.07, 6.45) is -0.416. The number of aromatic amines is 1. The lowest BCUT2D eigenvalue weighted by molar-refractivity contribution is -0.155. The number of fused-ring (bicyclic) bond motifs is 1. The van der Waals surface area contributed by atoms with Gasteiger partial charge in [-0.15, -0.1) is 0 Å². The molecule has 3 heterocycles. The van der Waals surface area contributed by atoms with E-state index in [-0.39, 0.29) is 42.0 Å². The molecule has 1 unspecified atom stereocenters. The summed E-state index contributed by atoms with van der Waals surface area (Å²) in [6.45, 7) is 5.86. The van der Waals surface area contributed by atoms with Gasteiger partial charge in [0.2, 0.25) is 11.9 Å². The number of carbonyl (C=O) groups is 3. The van der Waals surface area contributed by atoms with Crippen molar-refractivity contribution in [3.63, 3.8) is 0 Å². The van der Waals surface area contributed by atoms with Gasteiger partial charge in [-0.25, -0.2) is 4.98 Å². The first-order chi connectivity index (χ1) is 14.2. The highest BCUT2D eigenvalue weighted by Crippen LogP contribution is 2.32. The number of amides is 1. The van der Waals surface area contributed by atoms with Gasteiger partial charge in [-0.3, -0.25) is 34.0 Å². The fraction of sp³-hybridized carbons (Fsp3) is 0.556. The highest BCUT2D eigenvalue weighted by molar-refractivity contribution is 5.91. The van der Waals surface area contributed by atoms with Crippen LogP contribution in [0.15, 0.2) is 11.1 Å². The minimum absolute atomic E-state index is 0.0149. The Hall–Kier alpha value is -3.28. The summed E-state index contributed by atoms with van der Waals surface area (Å²) in [6, 6.07) is 0. The Morgan fingerprint density at radius 1 is 1.33 bits per heavy atom. The van der Waals surface area contributed by atoms with Crippen molar-refractivity contribution in [3.8, 4) is 0 Å². The Bertz CT molecular complexity index is 1030. The Balaban J connectivity index is 1.90. The summed E-state index contributed by atoms with van der Waals surface area (Å²) < 4.78 is 17.7. The molecule has 1 aliphatic rings. The summed E-state index contributed by atoms with van der Waals surface area (Å²) in [5, 5.41) is 2.54. The van der Waals surface area contributed by atoms with Gasteiger partial charge in [-0.2, -0.15) is 4.98 Å². The van der Waals surface area contributed by atoms with E-state index in [1.54, 1.807) is 13.8 Å². The zero-order valence-electron chi connectivity index (χ0n) is 17.0. The van der Waals surface area contributed by atoms with Gasteiger partial charge in [0.15, 0.2) is 11.2 Å². The van der Waals surface area contributed by atoms with Crippen LogP contribution in [-0.4, -0.2) is 56.2 Å². The molecular formula is C18H23N5O7. The first kappa shape index (κ1) is 21.4. The minimum atomic E-state index is -0.692. The van der Waals surface area contributed by atoms with E-state index in [1.165, 1.54) is 24.7 Å². The number of carbonyl (C=O) groups excluding carboxylic acids is 3. The van der Waals surface area contributed by atoms with Crippen molar-refractivity contribution in [2.45, 2.75) is 52.6 Å². The maximum atomic E-state index is 12.3. The number of rotatable bonds is 6. The highest BCUT2D eigenvalue weighted by Gasteiger charge is 2.40. The maximum absolute atomic E-state index is 12.3. The molecule has 12 heteroatoms. The van der Waals surface area contributed by atoms with Crippen molar-refractivity contribution in [2.75, 3.05) is 11.9 Å². The van der Waals surface area contributed by atoms with Crippen LogP contribution in [0.1, 0.15) is 40.3 Å². The molecule has 1 amide bonds. The van der Waals surface area contributed by atoms with Gasteiger partial charge in [0.05, 0.1) is 6.33 Å². The van der Waals surface area contributed by atoms with E-state index in [0.717, 1.165) is 0 Å². The molecule has 2 aromatic rings. The average molecular weight is 421 g/mol. The van der Waals surface area contributed by atoms with Crippen molar-refractivity contribution in [3.05, 3.63) is 16.7 Å². The molecule has 0 radical (unpaired) electrons.